The van der Waals surface area contributed by atoms with E-state index in [-0.39, 0.29) is 29.1 Å². The molecule has 0 heterocycles. The van der Waals surface area contributed by atoms with E-state index in [1.807, 2.05) is 0 Å². The molecule has 0 aromatic heterocycles. The third-order valence-electron chi connectivity index (χ3n) is 2.87. The van der Waals surface area contributed by atoms with E-state index < -0.39 is 10.7 Å². The van der Waals surface area contributed by atoms with Crippen LogP contribution in [0.5, 0.6) is 5.75 Å². The molecule has 0 saturated carbocycles. The minimum absolute atomic E-state index is 0.00715. The lowest BCUT2D eigenvalue weighted by Gasteiger charge is -2.10. The summed E-state index contributed by atoms with van der Waals surface area (Å²) in [5.41, 5.74) is 6.64. The van der Waals surface area contributed by atoms with Crippen LogP contribution in [0.2, 0.25) is 0 Å². The van der Waals surface area contributed by atoms with Crippen LogP contribution in [-0.2, 0) is 13.2 Å². The second-order valence-corrected chi connectivity index (χ2v) is 5.06. The van der Waals surface area contributed by atoms with Gasteiger partial charge in [0.05, 0.1) is 9.40 Å². The molecular formula is C14H12BrFN2O3. The molecule has 2 aromatic rings. The Morgan fingerprint density at radius 2 is 2.10 bits per heavy atom. The van der Waals surface area contributed by atoms with Crippen LogP contribution in [0.3, 0.4) is 0 Å². The molecule has 0 aliphatic heterocycles. The van der Waals surface area contributed by atoms with Gasteiger partial charge in [0, 0.05) is 18.2 Å². The molecule has 21 heavy (non-hydrogen) atoms. The molecule has 0 fully saturated rings. The van der Waals surface area contributed by atoms with Crippen molar-refractivity contribution in [2.45, 2.75) is 13.2 Å². The fourth-order valence-corrected chi connectivity index (χ4v) is 2.15. The highest BCUT2D eigenvalue weighted by Gasteiger charge is 2.16. The number of benzene rings is 2. The van der Waals surface area contributed by atoms with Gasteiger partial charge in [0.1, 0.15) is 12.4 Å². The maximum atomic E-state index is 13.4. The number of nitro groups is 1. The van der Waals surface area contributed by atoms with Crippen molar-refractivity contribution in [2.24, 2.45) is 5.73 Å². The Morgan fingerprint density at radius 1 is 1.33 bits per heavy atom. The largest absolute Gasteiger partial charge is 0.482 e. The Balaban J connectivity index is 2.26. The standard InChI is InChI=1S/C14H12BrFN2O3/c15-14-10(2-1-3-11(14)16)8-21-13-6-9(7-17)4-5-12(13)18(19)20/h1-6H,7-8,17H2. The van der Waals surface area contributed by atoms with E-state index in [1.54, 1.807) is 18.2 Å². The van der Waals surface area contributed by atoms with Crippen LogP contribution < -0.4 is 10.5 Å². The molecule has 0 amide bonds. The summed E-state index contributed by atoms with van der Waals surface area (Å²) in [6, 6.07) is 8.97. The molecule has 110 valence electrons. The van der Waals surface area contributed by atoms with Crippen molar-refractivity contribution >= 4 is 21.6 Å². The van der Waals surface area contributed by atoms with Crippen LogP contribution >= 0.6 is 15.9 Å². The Bertz CT molecular complexity index is 679. The van der Waals surface area contributed by atoms with Gasteiger partial charge in [0.15, 0.2) is 5.75 Å². The van der Waals surface area contributed by atoms with Crippen molar-refractivity contribution < 1.29 is 14.1 Å². The molecule has 5 nitrogen and oxygen atoms in total. The summed E-state index contributed by atoms with van der Waals surface area (Å²) in [5, 5.41) is 11.0. The first-order valence-electron chi connectivity index (χ1n) is 6.06. The first kappa shape index (κ1) is 15.4. The number of hydrogen-bond acceptors (Lipinski definition) is 4. The zero-order valence-electron chi connectivity index (χ0n) is 10.9. The molecule has 0 spiro atoms. The molecule has 0 radical (unpaired) electrons. The molecular weight excluding hydrogens is 343 g/mol. The van der Waals surface area contributed by atoms with Gasteiger partial charge in [-0.05, 0) is 33.6 Å². The zero-order chi connectivity index (χ0) is 15.4. The quantitative estimate of drug-likeness (QED) is 0.657. The lowest BCUT2D eigenvalue weighted by Crippen LogP contribution is -2.03. The van der Waals surface area contributed by atoms with Gasteiger partial charge in [-0.25, -0.2) is 4.39 Å². The number of hydrogen-bond donors (Lipinski definition) is 1. The smallest absolute Gasteiger partial charge is 0.310 e. The summed E-state index contributed by atoms with van der Waals surface area (Å²) in [7, 11) is 0. The Labute approximate surface area is 128 Å². The SMILES string of the molecule is NCc1ccc([N+](=O)[O-])c(OCc2cccc(F)c2Br)c1. The van der Waals surface area contributed by atoms with Crippen LogP contribution in [-0.4, -0.2) is 4.92 Å². The second kappa shape index (κ2) is 6.64. The van der Waals surface area contributed by atoms with Crippen molar-refractivity contribution in [1.29, 1.82) is 0 Å². The number of rotatable bonds is 5. The van der Waals surface area contributed by atoms with Gasteiger partial charge >= 0.3 is 5.69 Å². The van der Waals surface area contributed by atoms with Crippen molar-refractivity contribution in [1.82, 2.24) is 0 Å². The highest BCUT2D eigenvalue weighted by molar-refractivity contribution is 9.10. The van der Waals surface area contributed by atoms with E-state index in [9.17, 15) is 14.5 Å². The first-order valence-corrected chi connectivity index (χ1v) is 6.85. The van der Waals surface area contributed by atoms with Crippen molar-refractivity contribution in [3.63, 3.8) is 0 Å². The van der Waals surface area contributed by atoms with E-state index in [0.717, 1.165) is 0 Å². The topological polar surface area (TPSA) is 78.4 Å². The fourth-order valence-electron chi connectivity index (χ4n) is 1.77. The van der Waals surface area contributed by atoms with Gasteiger partial charge < -0.3 is 10.5 Å². The second-order valence-electron chi connectivity index (χ2n) is 4.26. The Morgan fingerprint density at radius 3 is 2.76 bits per heavy atom. The average Bonchev–Trinajstić information content (AvgIpc) is 2.48. The normalized spacial score (nSPS) is 10.4. The van der Waals surface area contributed by atoms with Gasteiger partial charge in [-0.2, -0.15) is 0 Å². The molecule has 0 bridgehead atoms. The minimum Gasteiger partial charge on any atom is -0.482 e. The Hall–Kier alpha value is -1.99. The summed E-state index contributed by atoms with van der Waals surface area (Å²) in [6.07, 6.45) is 0. The molecule has 2 N–H and O–H groups in total. The highest BCUT2D eigenvalue weighted by Crippen LogP contribution is 2.30. The van der Waals surface area contributed by atoms with Crippen molar-refractivity contribution in [3.8, 4) is 5.75 Å². The molecule has 0 aliphatic carbocycles. The molecule has 0 aliphatic rings. The van der Waals surface area contributed by atoms with E-state index in [2.05, 4.69) is 15.9 Å². The summed E-state index contributed by atoms with van der Waals surface area (Å²) < 4.78 is 19.2. The van der Waals surface area contributed by atoms with Crippen LogP contribution in [0, 0.1) is 15.9 Å². The number of ether oxygens (including phenoxy) is 1. The van der Waals surface area contributed by atoms with Crippen LogP contribution in [0.1, 0.15) is 11.1 Å². The highest BCUT2D eigenvalue weighted by atomic mass is 79.9. The fraction of sp³-hybridized carbons (Fsp3) is 0.143. The predicted molar refractivity (Wildman–Crippen MR) is 79.4 cm³/mol. The zero-order valence-corrected chi connectivity index (χ0v) is 12.5. The molecule has 0 unspecified atom stereocenters. The number of nitro benzene ring substituents is 1. The minimum atomic E-state index is -0.531. The third kappa shape index (κ3) is 3.56. The molecule has 2 rings (SSSR count). The average molecular weight is 355 g/mol. The predicted octanol–water partition coefficient (Wildman–Crippen LogP) is 3.53. The van der Waals surface area contributed by atoms with Crippen LogP contribution in [0.4, 0.5) is 10.1 Å². The maximum Gasteiger partial charge on any atom is 0.310 e. The van der Waals surface area contributed by atoms with Gasteiger partial charge in [0.2, 0.25) is 0 Å². The van der Waals surface area contributed by atoms with Gasteiger partial charge in [-0.1, -0.05) is 18.2 Å². The molecule has 0 atom stereocenters. The van der Waals surface area contributed by atoms with E-state index >= 15 is 0 Å². The van der Waals surface area contributed by atoms with E-state index in [4.69, 9.17) is 10.5 Å². The monoisotopic (exact) mass is 354 g/mol. The summed E-state index contributed by atoms with van der Waals surface area (Å²) in [6.45, 7) is 0.255. The lowest BCUT2D eigenvalue weighted by molar-refractivity contribution is -0.386. The van der Waals surface area contributed by atoms with Crippen LogP contribution in [0.15, 0.2) is 40.9 Å². The molecule has 2 aromatic carbocycles. The maximum absolute atomic E-state index is 13.4. The number of nitrogens with two attached hydrogens (primary N) is 1. The molecule has 0 saturated heterocycles. The van der Waals surface area contributed by atoms with Gasteiger partial charge in [-0.3, -0.25) is 10.1 Å². The third-order valence-corrected chi connectivity index (χ3v) is 3.76. The Kier molecular flexibility index (Phi) is 4.87. The number of nitrogens with zero attached hydrogens (tertiary/aromatic N) is 1. The van der Waals surface area contributed by atoms with E-state index in [1.165, 1.54) is 18.2 Å². The van der Waals surface area contributed by atoms with Gasteiger partial charge in [-0.15, -0.1) is 0 Å². The number of halogens is 2. The first-order chi connectivity index (χ1) is 10.0. The van der Waals surface area contributed by atoms with Crippen molar-refractivity contribution in [2.75, 3.05) is 0 Å². The summed E-state index contributed by atoms with van der Waals surface area (Å²) in [5.74, 6) is -0.305. The lowest BCUT2D eigenvalue weighted by atomic mass is 10.2. The van der Waals surface area contributed by atoms with Crippen LogP contribution in [0.25, 0.3) is 0 Å². The van der Waals surface area contributed by atoms with Crippen molar-refractivity contribution in [3.05, 3.63) is 67.9 Å². The van der Waals surface area contributed by atoms with Gasteiger partial charge in [0.25, 0.3) is 0 Å². The summed E-state index contributed by atoms with van der Waals surface area (Å²) in [4.78, 5) is 10.4. The summed E-state index contributed by atoms with van der Waals surface area (Å²) >= 11 is 3.12. The molecule has 7 heteroatoms. The van der Waals surface area contributed by atoms with E-state index in [0.29, 0.717) is 11.1 Å².